The Labute approximate surface area is 195 Å². The van der Waals surface area contributed by atoms with Crippen LogP contribution in [0.15, 0.2) is 30.3 Å². The van der Waals surface area contributed by atoms with Gasteiger partial charge in [-0.15, -0.1) is 0 Å². The molecular weight excluding hydrogens is 402 g/mol. The van der Waals surface area contributed by atoms with E-state index in [0.29, 0.717) is 25.6 Å². The molecule has 0 unspecified atom stereocenters. The van der Waals surface area contributed by atoms with Gasteiger partial charge in [0.1, 0.15) is 6.10 Å². The number of hydrogen-bond acceptors (Lipinski definition) is 4. The van der Waals surface area contributed by atoms with Gasteiger partial charge >= 0.3 is 5.97 Å². The molecular formula is C27H45NO4. The molecule has 5 nitrogen and oxygen atoms in total. The maximum atomic E-state index is 12.7. The van der Waals surface area contributed by atoms with Crippen LogP contribution in [0.25, 0.3) is 0 Å². The first-order valence-corrected chi connectivity index (χ1v) is 12.2. The lowest BCUT2D eigenvalue weighted by Gasteiger charge is -2.33. The van der Waals surface area contributed by atoms with Gasteiger partial charge in [-0.05, 0) is 42.6 Å². The van der Waals surface area contributed by atoms with Crippen LogP contribution in [-0.4, -0.2) is 31.6 Å². The van der Waals surface area contributed by atoms with Crippen LogP contribution in [0, 0.1) is 17.3 Å². The van der Waals surface area contributed by atoms with E-state index in [4.69, 9.17) is 9.47 Å². The lowest BCUT2D eigenvalue weighted by Crippen LogP contribution is -2.35. The molecule has 1 amide bonds. The molecule has 0 bridgehead atoms. The molecule has 182 valence electrons. The topological polar surface area (TPSA) is 64.6 Å². The first kappa shape index (κ1) is 28.2. The number of esters is 1. The molecule has 0 saturated carbocycles. The third-order valence-electron chi connectivity index (χ3n) is 5.91. The van der Waals surface area contributed by atoms with Crippen LogP contribution in [-0.2, 0) is 25.7 Å². The summed E-state index contributed by atoms with van der Waals surface area (Å²) in [6.45, 7) is 11.8. The van der Waals surface area contributed by atoms with Crippen molar-refractivity contribution in [1.29, 1.82) is 0 Å². The molecule has 1 aromatic carbocycles. The molecule has 1 aromatic rings. The van der Waals surface area contributed by atoms with Crippen LogP contribution in [0.5, 0.6) is 0 Å². The number of rotatable bonds is 15. The molecule has 0 heterocycles. The van der Waals surface area contributed by atoms with Gasteiger partial charge in [0.15, 0.2) is 0 Å². The summed E-state index contributed by atoms with van der Waals surface area (Å²) in [5, 5.41) is 2.66. The predicted octanol–water partition coefficient (Wildman–Crippen LogP) is 5.91. The Kier molecular flexibility index (Phi) is 13.2. The van der Waals surface area contributed by atoms with Crippen LogP contribution < -0.4 is 5.32 Å². The van der Waals surface area contributed by atoms with Crippen molar-refractivity contribution in [3.05, 3.63) is 35.9 Å². The van der Waals surface area contributed by atoms with Crippen LogP contribution >= 0.6 is 0 Å². The van der Waals surface area contributed by atoms with Crippen molar-refractivity contribution >= 4 is 11.9 Å². The largest absolute Gasteiger partial charge is 0.462 e. The normalized spacial score (nSPS) is 14.4. The van der Waals surface area contributed by atoms with Gasteiger partial charge in [0.2, 0.25) is 5.91 Å². The van der Waals surface area contributed by atoms with Crippen molar-refractivity contribution < 1.29 is 19.1 Å². The van der Waals surface area contributed by atoms with Gasteiger partial charge in [-0.3, -0.25) is 9.59 Å². The molecule has 0 radical (unpaired) electrons. The van der Waals surface area contributed by atoms with E-state index < -0.39 is 0 Å². The Morgan fingerprint density at radius 2 is 1.69 bits per heavy atom. The number of ether oxygens (including phenoxy) is 2. The Bertz CT molecular complexity index is 653. The van der Waals surface area contributed by atoms with Crippen LogP contribution in [0.3, 0.4) is 0 Å². The van der Waals surface area contributed by atoms with E-state index in [1.54, 1.807) is 7.05 Å². The van der Waals surface area contributed by atoms with Crippen molar-refractivity contribution in [1.82, 2.24) is 5.32 Å². The van der Waals surface area contributed by atoms with Gasteiger partial charge in [0, 0.05) is 20.1 Å². The summed E-state index contributed by atoms with van der Waals surface area (Å²) in [6.07, 6.45) is 5.75. The van der Waals surface area contributed by atoms with Gasteiger partial charge < -0.3 is 14.8 Å². The quantitative estimate of drug-likeness (QED) is 0.268. The summed E-state index contributed by atoms with van der Waals surface area (Å²) in [7, 11) is 1.67. The molecule has 0 spiro atoms. The summed E-state index contributed by atoms with van der Waals surface area (Å²) < 4.78 is 11.7. The maximum absolute atomic E-state index is 12.7. The molecule has 0 saturated heterocycles. The molecule has 0 aromatic heterocycles. The maximum Gasteiger partial charge on any atom is 0.308 e. The number of unbranched alkanes of at least 4 members (excludes halogenated alkanes) is 1. The zero-order valence-electron chi connectivity index (χ0n) is 21.1. The van der Waals surface area contributed by atoms with E-state index in [1.807, 2.05) is 25.1 Å². The number of carbonyl (C=O) groups is 2. The van der Waals surface area contributed by atoms with Crippen molar-refractivity contribution in [2.75, 3.05) is 13.7 Å². The third-order valence-corrected chi connectivity index (χ3v) is 5.91. The van der Waals surface area contributed by atoms with E-state index in [-0.39, 0.29) is 29.3 Å². The van der Waals surface area contributed by atoms with E-state index in [1.165, 1.54) is 5.56 Å². The Morgan fingerprint density at radius 3 is 2.31 bits per heavy atom. The van der Waals surface area contributed by atoms with Crippen molar-refractivity contribution in [2.45, 2.75) is 92.3 Å². The molecule has 0 aliphatic heterocycles. The van der Waals surface area contributed by atoms with Crippen molar-refractivity contribution in [3.8, 4) is 0 Å². The molecule has 3 atom stereocenters. The molecule has 5 heteroatoms. The minimum atomic E-state index is -0.123. The van der Waals surface area contributed by atoms with Crippen LogP contribution in [0.4, 0.5) is 0 Å². The summed E-state index contributed by atoms with van der Waals surface area (Å²) in [4.78, 5) is 24.1. The highest BCUT2D eigenvalue weighted by Crippen LogP contribution is 2.30. The predicted molar refractivity (Wildman–Crippen MR) is 130 cm³/mol. The monoisotopic (exact) mass is 447 g/mol. The SMILES string of the molecule is CNC(=O)CCC[C@H](C)C[C@@H](OC(=O)[C@H](C)CCCCOCc1ccccc1)C(C)(C)C. The van der Waals surface area contributed by atoms with E-state index in [9.17, 15) is 9.59 Å². The van der Waals surface area contributed by atoms with Gasteiger partial charge in [0.25, 0.3) is 0 Å². The smallest absolute Gasteiger partial charge is 0.308 e. The van der Waals surface area contributed by atoms with E-state index >= 15 is 0 Å². The number of hydrogen-bond donors (Lipinski definition) is 1. The third kappa shape index (κ3) is 12.2. The second-order valence-electron chi connectivity index (χ2n) is 10.1. The zero-order chi connectivity index (χ0) is 24.0. The fourth-order valence-electron chi connectivity index (χ4n) is 3.59. The van der Waals surface area contributed by atoms with Gasteiger partial charge in [0.05, 0.1) is 12.5 Å². The standard InChI is InChI=1S/C27H45NO4/c1-21(13-12-17-25(29)28-6)19-24(27(3,4)5)32-26(30)22(2)14-10-11-18-31-20-23-15-8-7-9-16-23/h7-9,15-16,21-22,24H,10-14,17-20H2,1-6H3,(H,28,29)/t21-,22+,24+/m0/s1. The Balaban J connectivity index is 2.33. The zero-order valence-corrected chi connectivity index (χ0v) is 21.1. The molecule has 0 aliphatic carbocycles. The van der Waals surface area contributed by atoms with Gasteiger partial charge in [-0.2, -0.15) is 0 Å². The highest BCUT2D eigenvalue weighted by molar-refractivity contribution is 5.75. The number of nitrogens with one attached hydrogen (secondary N) is 1. The Morgan fingerprint density at radius 1 is 1.00 bits per heavy atom. The molecule has 1 N–H and O–H groups in total. The second kappa shape index (κ2) is 15.0. The highest BCUT2D eigenvalue weighted by Gasteiger charge is 2.31. The average molecular weight is 448 g/mol. The fourth-order valence-corrected chi connectivity index (χ4v) is 3.59. The van der Waals surface area contributed by atoms with E-state index in [2.05, 4.69) is 45.1 Å². The number of amides is 1. The van der Waals surface area contributed by atoms with Crippen LogP contribution in [0.2, 0.25) is 0 Å². The van der Waals surface area contributed by atoms with Crippen molar-refractivity contribution in [2.24, 2.45) is 17.3 Å². The molecule has 32 heavy (non-hydrogen) atoms. The summed E-state index contributed by atoms with van der Waals surface area (Å²) in [5.74, 6) is 0.259. The number of benzene rings is 1. The second-order valence-corrected chi connectivity index (χ2v) is 10.1. The van der Waals surface area contributed by atoms with Gasteiger partial charge in [-0.25, -0.2) is 0 Å². The lowest BCUT2D eigenvalue weighted by atomic mass is 9.82. The average Bonchev–Trinajstić information content (AvgIpc) is 2.75. The fraction of sp³-hybridized carbons (Fsp3) is 0.704. The van der Waals surface area contributed by atoms with E-state index in [0.717, 1.165) is 38.5 Å². The first-order valence-electron chi connectivity index (χ1n) is 12.2. The minimum Gasteiger partial charge on any atom is -0.462 e. The lowest BCUT2D eigenvalue weighted by molar-refractivity contribution is -0.160. The van der Waals surface area contributed by atoms with Crippen molar-refractivity contribution in [3.63, 3.8) is 0 Å². The summed E-state index contributed by atoms with van der Waals surface area (Å²) in [5.41, 5.74) is 1.07. The Hall–Kier alpha value is -1.88. The highest BCUT2D eigenvalue weighted by atomic mass is 16.5. The van der Waals surface area contributed by atoms with Crippen LogP contribution in [0.1, 0.15) is 85.1 Å². The molecule has 0 aliphatic rings. The summed E-state index contributed by atoms with van der Waals surface area (Å²) >= 11 is 0. The van der Waals surface area contributed by atoms with Gasteiger partial charge in [-0.1, -0.05) is 77.8 Å². The minimum absolute atomic E-state index is 0.0790. The summed E-state index contributed by atoms with van der Waals surface area (Å²) in [6, 6.07) is 10.2. The molecule has 1 rings (SSSR count). The first-order chi connectivity index (χ1) is 15.1. The number of carbonyl (C=O) groups excluding carboxylic acids is 2. The molecule has 0 fully saturated rings.